The summed E-state index contributed by atoms with van der Waals surface area (Å²) in [6, 6.07) is 13.8. The van der Waals surface area contributed by atoms with Gasteiger partial charge in [-0.3, -0.25) is 4.79 Å². The fourth-order valence-corrected chi connectivity index (χ4v) is 7.34. The molecule has 1 aliphatic heterocycles. The molecule has 1 saturated heterocycles. The lowest BCUT2D eigenvalue weighted by Gasteiger charge is -2.22. The second kappa shape index (κ2) is 18.8. The molecule has 0 aliphatic carbocycles. The molecule has 3 N–H and O–H groups in total. The third kappa shape index (κ3) is 11.7. The molecule has 59 heavy (non-hydrogen) atoms. The van der Waals surface area contributed by atoms with E-state index in [1.54, 1.807) is 63.2 Å². The van der Waals surface area contributed by atoms with Crippen LogP contribution in [0.3, 0.4) is 0 Å². The van der Waals surface area contributed by atoms with Gasteiger partial charge in [0.1, 0.15) is 61.4 Å². The quantitative estimate of drug-likeness (QED) is 0.0851. The zero-order chi connectivity index (χ0) is 42.3. The van der Waals surface area contributed by atoms with Crippen molar-refractivity contribution in [2.24, 2.45) is 5.14 Å². The molecule has 21 heteroatoms. The maximum atomic E-state index is 14.1. The van der Waals surface area contributed by atoms with E-state index in [1.807, 2.05) is 0 Å². The first kappa shape index (κ1) is 43.4. The Balaban J connectivity index is 1.19. The summed E-state index contributed by atoms with van der Waals surface area (Å²) in [5.74, 6) is -1.51. The van der Waals surface area contributed by atoms with Crippen molar-refractivity contribution in [3.8, 4) is 16.7 Å². The second-order valence-electron chi connectivity index (χ2n) is 13.7. The van der Waals surface area contributed by atoms with Gasteiger partial charge in [0, 0.05) is 18.9 Å². The largest absolute Gasteiger partial charge is 0.491 e. The Morgan fingerprint density at radius 3 is 2.36 bits per heavy atom. The Kier molecular flexibility index (Phi) is 13.8. The van der Waals surface area contributed by atoms with Crippen LogP contribution in [0.1, 0.15) is 49.2 Å². The van der Waals surface area contributed by atoms with Crippen molar-refractivity contribution in [2.75, 3.05) is 19.9 Å². The van der Waals surface area contributed by atoms with E-state index < -0.39 is 71.6 Å². The SMILES string of the molecule is CCOC(=O)C(Cc1ccc(C(F)(F)F)cc1)NC(=O)C(Cc1ccc(OC[C@@H]2OC(C)(C)O[C@H]2CF)cc1)n1cc(COc2ccc3sc(OS(N)=O)nc3c2)nn1. The molecule has 2 aromatic heterocycles. The summed E-state index contributed by atoms with van der Waals surface area (Å²) in [6.45, 7) is 4.19. The highest BCUT2D eigenvalue weighted by Gasteiger charge is 2.41. The van der Waals surface area contributed by atoms with Gasteiger partial charge in [0.05, 0.1) is 28.6 Å². The lowest BCUT2D eigenvalue weighted by atomic mass is 10.0. The van der Waals surface area contributed by atoms with Gasteiger partial charge in [-0.1, -0.05) is 40.8 Å². The van der Waals surface area contributed by atoms with Crippen LogP contribution >= 0.6 is 11.3 Å². The number of fused-ring (bicyclic) bond motifs is 1. The van der Waals surface area contributed by atoms with Crippen LogP contribution in [0.25, 0.3) is 10.2 Å². The number of nitrogens with two attached hydrogens (primary N) is 1. The average molecular weight is 865 g/mol. The normalized spacial score (nSPS) is 17.9. The molecular weight excluding hydrogens is 825 g/mol. The van der Waals surface area contributed by atoms with Crippen molar-refractivity contribution >= 4 is 44.7 Å². The van der Waals surface area contributed by atoms with Crippen LogP contribution in [0.5, 0.6) is 16.7 Å². The van der Waals surface area contributed by atoms with Gasteiger partial charge in [0.15, 0.2) is 5.79 Å². The molecule has 0 radical (unpaired) electrons. The van der Waals surface area contributed by atoms with Crippen LogP contribution in [0, 0.1) is 0 Å². The van der Waals surface area contributed by atoms with E-state index in [4.69, 9.17) is 33.0 Å². The van der Waals surface area contributed by atoms with Gasteiger partial charge in [0.25, 0.3) is 16.5 Å². The highest BCUT2D eigenvalue weighted by atomic mass is 32.2. The van der Waals surface area contributed by atoms with E-state index in [9.17, 15) is 31.4 Å². The number of aromatic nitrogens is 4. The molecule has 0 spiro atoms. The van der Waals surface area contributed by atoms with Crippen LogP contribution in [0.15, 0.2) is 72.9 Å². The van der Waals surface area contributed by atoms with Crippen LogP contribution in [-0.4, -0.2) is 80.0 Å². The first-order valence-corrected chi connectivity index (χ1v) is 20.1. The number of nitrogens with zero attached hydrogens (tertiary/aromatic N) is 4. The number of thiazole rings is 1. The molecule has 0 bridgehead atoms. The first-order chi connectivity index (χ1) is 28.1. The third-order valence-corrected chi connectivity index (χ3v) is 10.2. The molecule has 15 nitrogen and oxygen atoms in total. The first-order valence-electron chi connectivity index (χ1n) is 18.1. The predicted octanol–water partition coefficient (Wildman–Crippen LogP) is 5.34. The molecule has 6 rings (SSSR count). The van der Waals surface area contributed by atoms with Crippen molar-refractivity contribution in [1.29, 1.82) is 0 Å². The molecule has 5 aromatic rings. The summed E-state index contributed by atoms with van der Waals surface area (Å²) >= 11 is -0.879. The number of benzene rings is 3. The fourth-order valence-electron chi connectivity index (χ4n) is 6.15. The number of rotatable bonds is 18. The molecule has 316 valence electrons. The molecule has 3 unspecified atom stereocenters. The highest BCUT2D eigenvalue weighted by Crippen LogP contribution is 2.32. The van der Waals surface area contributed by atoms with E-state index in [2.05, 4.69) is 20.6 Å². The molecule has 3 heterocycles. The van der Waals surface area contributed by atoms with E-state index >= 15 is 0 Å². The Hall–Kier alpha value is -5.22. The van der Waals surface area contributed by atoms with E-state index in [0.717, 1.165) is 28.2 Å². The monoisotopic (exact) mass is 864 g/mol. The lowest BCUT2D eigenvalue weighted by molar-refractivity contribution is -0.149. The van der Waals surface area contributed by atoms with Crippen LogP contribution in [-0.2, 0) is 60.7 Å². The molecule has 1 fully saturated rings. The number of halogens is 4. The van der Waals surface area contributed by atoms with Crippen LogP contribution < -0.4 is 24.1 Å². The number of alkyl halides is 4. The topological polar surface area (TPSA) is 188 Å². The number of hydrogen-bond acceptors (Lipinski definition) is 13. The smallest absolute Gasteiger partial charge is 0.416 e. The van der Waals surface area contributed by atoms with E-state index in [1.165, 1.54) is 23.0 Å². The number of ether oxygens (including phenoxy) is 5. The summed E-state index contributed by atoms with van der Waals surface area (Å²) in [7, 11) is 0. The van der Waals surface area contributed by atoms with E-state index in [-0.39, 0.29) is 37.9 Å². The molecule has 1 aliphatic rings. The van der Waals surface area contributed by atoms with Gasteiger partial charge in [0.2, 0.25) is 5.91 Å². The second-order valence-corrected chi connectivity index (χ2v) is 15.4. The number of nitrogens with one attached hydrogen (secondary N) is 1. The van der Waals surface area contributed by atoms with Gasteiger partial charge in [-0.15, -0.1) is 5.10 Å². The van der Waals surface area contributed by atoms with Crippen molar-refractivity contribution in [3.63, 3.8) is 0 Å². The molecule has 3 aromatic carbocycles. The number of esters is 1. The zero-order valence-electron chi connectivity index (χ0n) is 31.8. The lowest BCUT2D eigenvalue weighted by Crippen LogP contribution is -2.46. The number of carbonyl (C=O) groups is 2. The van der Waals surface area contributed by atoms with Gasteiger partial charge < -0.3 is 33.2 Å². The third-order valence-electron chi connectivity index (χ3n) is 8.87. The van der Waals surface area contributed by atoms with Gasteiger partial charge >= 0.3 is 12.1 Å². The molecular formula is C38H40F4N6O9S2. The van der Waals surface area contributed by atoms with Gasteiger partial charge in [-0.25, -0.2) is 24.0 Å². The maximum absolute atomic E-state index is 14.1. The van der Waals surface area contributed by atoms with Crippen molar-refractivity contribution in [2.45, 2.75) is 76.5 Å². The van der Waals surface area contributed by atoms with Crippen LogP contribution in [0.4, 0.5) is 17.6 Å². The maximum Gasteiger partial charge on any atom is 0.416 e. The van der Waals surface area contributed by atoms with Crippen LogP contribution in [0.2, 0.25) is 0 Å². The Bertz CT molecular complexity index is 2240. The molecule has 1 amide bonds. The highest BCUT2D eigenvalue weighted by molar-refractivity contribution is 7.78. The fraction of sp³-hybridized carbons (Fsp3) is 0.395. The number of carbonyl (C=O) groups excluding carboxylic acids is 2. The molecule has 5 atom stereocenters. The van der Waals surface area contributed by atoms with Crippen molar-refractivity contribution in [3.05, 3.63) is 95.3 Å². The molecule has 0 saturated carbocycles. The standard InChI is InChI=1S/C38H40F4N6O9S2/c1-4-52-35(50)29(15-22-5-9-24(10-6-22)38(40,41)42)44-34(49)30(16-23-7-11-26(12-8-23)54-21-32-31(18-39)55-37(2,3)56-32)48-19-25(46-47-48)20-53-27-13-14-33-28(17-27)45-36(58-33)57-59(43)51/h5-14,17,19,29-32H,4,15-16,18,20-21,43H2,1-3H3,(H,44,49)/t29?,30?,31-,32-,59?/m0/s1. The predicted molar refractivity (Wildman–Crippen MR) is 205 cm³/mol. The summed E-state index contributed by atoms with van der Waals surface area (Å²) in [4.78, 5) is 31.5. The Morgan fingerprint density at radius 2 is 1.68 bits per heavy atom. The zero-order valence-corrected chi connectivity index (χ0v) is 33.5. The van der Waals surface area contributed by atoms with Gasteiger partial charge in [-0.05, 0) is 68.3 Å². The summed E-state index contributed by atoms with van der Waals surface area (Å²) in [5.41, 5.74) is 1.01. The van der Waals surface area contributed by atoms with E-state index in [0.29, 0.717) is 33.8 Å². The minimum absolute atomic E-state index is 0.00639. The summed E-state index contributed by atoms with van der Waals surface area (Å²) < 4.78 is 99.8. The number of amides is 1. The average Bonchev–Trinajstić information content (AvgIpc) is 3.90. The summed E-state index contributed by atoms with van der Waals surface area (Å²) in [6.07, 6.45) is -4.57. The number of hydrogen-bond donors (Lipinski definition) is 2. The Labute approximate surface area is 341 Å². The minimum atomic E-state index is -4.55. The minimum Gasteiger partial charge on any atom is -0.491 e. The summed E-state index contributed by atoms with van der Waals surface area (Å²) in [5, 5.41) is 16.4. The van der Waals surface area contributed by atoms with Gasteiger partial charge in [-0.2, -0.15) is 17.4 Å². The Morgan fingerprint density at radius 1 is 1.00 bits per heavy atom. The van der Waals surface area contributed by atoms with Crippen molar-refractivity contribution in [1.82, 2.24) is 25.3 Å². The van der Waals surface area contributed by atoms with Crippen molar-refractivity contribution < 1.29 is 59.2 Å².